The molecule has 0 aromatic heterocycles. The number of piperidine rings is 1. The van der Waals surface area contributed by atoms with Crippen molar-refractivity contribution in [3.63, 3.8) is 0 Å². The van der Waals surface area contributed by atoms with Crippen molar-refractivity contribution < 1.29 is 13.2 Å². The summed E-state index contributed by atoms with van der Waals surface area (Å²) in [6.07, 6.45) is 1.12. The number of benzene rings is 1. The highest BCUT2D eigenvalue weighted by molar-refractivity contribution is 7.89. The Kier molecular flexibility index (Phi) is 3.33. The Bertz CT molecular complexity index is 676. The van der Waals surface area contributed by atoms with Gasteiger partial charge in [-0.15, -0.1) is 0 Å². The molecule has 3 rings (SSSR count). The Morgan fingerprint density at radius 1 is 1.19 bits per heavy atom. The van der Waals surface area contributed by atoms with Crippen LogP contribution in [-0.4, -0.2) is 44.5 Å². The molecule has 5 nitrogen and oxygen atoms in total. The molecule has 0 atom stereocenters. The molecular weight excluding hydrogens is 288 g/mol. The highest BCUT2D eigenvalue weighted by atomic mass is 32.2. The van der Waals surface area contributed by atoms with Crippen LogP contribution in [0.2, 0.25) is 0 Å². The van der Waals surface area contributed by atoms with E-state index in [9.17, 15) is 13.2 Å². The monoisotopic (exact) mass is 308 g/mol. The van der Waals surface area contributed by atoms with Crippen molar-refractivity contribution in [1.29, 1.82) is 0 Å². The molecule has 0 radical (unpaired) electrons. The second kappa shape index (κ2) is 4.81. The van der Waals surface area contributed by atoms with Crippen LogP contribution in [0.15, 0.2) is 24.3 Å². The summed E-state index contributed by atoms with van der Waals surface area (Å²) in [5.74, 6) is 0.210. The summed E-state index contributed by atoms with van der Waals surface area (Å²) in [6, 6.07) is 7.83. The molecule has 2 heterocycles. The zero-order valence-electron chi connectivity index (χ0n) is 12.4. The second-order valence-corrected chi connectivity index (χ2v) is 8.02. The molecule has 0 N–H and O–H groups in total. The lowest BCUT2D eigenvalue weighted by Gasteiger charge is -2.37. The Morgan fingerprint density at radius 2 is 1.81 bits per heavy atom. The van der Waals surface area contributed by atoms with Gasteiger partial charge in [0.15, 0.2) is 0 Å². The molecule has 6 heteroatoms. The topological polar surface area (TPSA) is 57.7 Å². The Hall–Kier alpha value is -1.40. The van der Waals surface area contributed by atoms with Gasteiger partial charge in [0.05, 0.1) is 11.2 Å². The largest absolute Gasteiger partial charge is 0.314 e. The van der Waals surface area contributed by atoms with E-state index in [4.69, 9.17) is 0 Å². The van der Waals surface area contributed by atoms with Crippen LogP contribution in [0, 0.1) is 0 Å². The zero-order valence-corrected chi connectivity index (χ0v) is 13.2. The van der Waals surface area contributed by atoms with E-state index >= 15 is 0 Å². The summed E-state index contributed by atoms with van der Waals surface area (Å²) in [5, 5.41) is 0. The number of nitrogens with zero attached hydrogens (tertiary/aromatic N) is 2. The van der Waals surface area contributed by atoms with E-state index in [2.05, 4.69) is 0 Å². The molecule has 0 bridgehead atoms. The minimum atomic E-state index is -3.17. The van der Waals surface area contributed by atoms with Gasteiger partial charge in [0.1, 0.15) is 0 Å². The van der Waals surface area contributed by atoms with Crippen LogP contribution in [-0.2, 0) is 20.2 Å². The van der Waals surface area contributed by atoms with Crippen molar-refractivity contribution >= 4 is 21.6 Å². The van der Waals surface area contributed by atoms with Crippen LogP contribution in [0.5, 0.6) is 0 Å². The predicted molar refractivity (Wildman–Crippen MR) is 81.8 cm³/mol. The minimum Gasteiger partial charge on any atom is -0.314 e. The van der Waals surface area contributed by atoms with E-state index in [1.54, 1.807) is 18.9 Å². The Labute approximate surface area is 125 Å². The van der Waals surface area contributed by atoms with Crippen molar-refractivity contribution in [2.75, 3.05) is 30.8 Å². The molecule has 2 aliphatic rings. The summed E-state index contributed by atoms with van der Waals surface area (Å²) in [4.78, 5) is 14.4. The van der Waals surface area contributed by atoms with Gasteiger partial charge in [-0.2, -0.15) is 0 Å². The van der Waals surface area contributed by atoms with E-state index in [1.807, 2.05) is 24.3 Å². The number of carbonyl (C=O) groups is 1. The number of likely N-dealkylation sites (N-methyl/N-ethyl adjacent to an activating group) is 1. The van der Waals surface area contributed by atoms with Gasteiger partial charge in [-0.3, -0.25) is 4.79 Å². The number of sulfonamides is 1. The van der Waals surface area contributed by atoms with Crippen LogP contribution >= 0.6 is 0 Å². The number of amides is 1. The maximum Gasteiger partial charge on any atom is 0.237 e. The summed E-state index contributed by atoms with van der Waals surface area (Å²) >= 11 is 0. The van der Waals surface area contributed by atoms with Crippen molar-refractivity contribution in [2.24, 2.45) is 0 Å². The van der Waals surface area contributed by atoms with Gasteiger partial charge in [0.25, 0.3) is 0 Å². The summed E-state index contributed by atoms with van der Waals surface area (Å²) in [7, 11) is -1.37. The van der Waals surface area contributed by atoms with E-state index < -0.39 is 15.4 Å². The number of para-hydroxylation sites is 1. The van der Waals surface area contributed by atoms with Crippen LogP contribution < -0.4 is 4.90 Å². The van der Waals surface area contributed by atoms with Crippen LogP contribution in [0.1, 0.15) is 25.3 Å². The Balaban J connectivity index is 1.93. The third-order valence-electron chi connectivity index (χ3n) is 4.83. The third-order valence-corrected chi connectivity index (χ3v) is 6.71. The van der Waals surface area contributed by atoms with E-state index in [0.29, 0.717) is 25.9 Å². The molecule has 1 amide bonds. The first-order valence-corrected chi connectivity index (χ1v) is 8.89. The van der Waals surface area contributed by atoms with Gasteiger partial charge in [-0.1, -0.05) is 18.2 Å². The van der Waals surface area contributed by atoms with Crippen LogP contribution in [0.3, 0.4) is 0 Å². The van der Waals surface area contributed by atoms with Gasteiger partial charge >= 0.3 is 0 Å². The fourth-order valence-corrected chi connectivity index (χ4v) is 4.63. The number of anilines is 1. The summed E-state index contributed by atoms with van der Waals surface area (Å²) in [6.45, 7) is 2.50. The average molecular weight is 308 g/mol. The maximum absolute atomic E-state index is 12.7. The smallest absolute Gasteiger partial charge is 0.237 e. The fraction of sp³-hybridized carbons (Fsp3) is 0.533. The first-order chi connectivity index (χ1) is 9.92. The zero-order chi connectivity index (χ0) is 15.3. The first kappa shape index (κ1) is 14.5. The van der Waals surface area contributed by atoms with Crippen molar-refractivity contribution in [1.82, 2.24) is 4.31 Å². The number of hydrogen-bond acceptors (Lipinski definition) is 3. The lowest BCUT2D eigenvalue weighted by molar-refractivity contribution is -0.124. The maximum atomic E-state index is 12.7. The number of fused-ring (bicyclic) bond motifs is 2. The van der Waals surface area contributed by atoms with Crippen LogP contribution in [0.25, 0.3) is 0 Å². The highest BCUT2D eigenvalue weighted by Gasteiger charge is 2.51. The first-order valence-electron chi connectivity index (χ1n) is 7.28. The number of hydrogen-bond donors (Lipinski definition) is 0. The van der Waals surface area contributed by atoms with Gasteiger partial charge in [0.2, 0.25) is 15.9 Å². The molecule has 0 unspecified atom stereocenters. The van der Waals surface area contributed by atoms with Gasteiger partial charge in [-0.05, 0) is 31.4 Å². The predicted octanol–water partition coefficient (Wildman–Crippen LogP) is 1.35. The van der Waals surface area contributed by atoms with E-state index in [1.165, 1.54) is 4.31 Å². The second-order valence-electron chi connectivity index (χ2n) is 5.76. The lowest BCUT2D eigenvalue weighted by Crippen LogP contribution is -2.49. The number of rotatable bonds is 2. The molecule has 1 fully saturated rings. The quantitative estimate of drug-likeness (QED) is 0.828. The average Bonchev–Trinajstić information content (AvgIpc) is 2.71. The molecule has 21 heavy (non-hydrogen) atoms. The van der Waals surface area contributed by atoms with Crippen molar-refractivity contribution in [3.8, 4) is 0 Å². The lowest BCUT2D eigenvalue weighted by atomic mass is 9.74. The highest BCUT2D eigenvalue weighted by Crippen LogP contribution is 2.47. The van der Waals surface area contributed by atoms with E-state index in [-0.39, 0.29) is 11.7 Å². The fourth-order valence-electron chi connectivity index (χ4n) is 3.53. The molecular formula is C15H20N2O3S. The molecule has 0 saturated carbocycles. The summed E-state index contributed by atoms with van der Waals surface area (Å²) in [5.41, 5.74) is 1.46. The molecule has 2 aliphatic heterocycles. The van der Waals surface area contributed by atoms with Gasteiger partial charge in [-0.25, -0.2) is 12.7 Å². The summed E-state index contributed by atoms with van der Waals surface area (Å²) < 4.78 is 25.5. The number of carbonyl (C=O) groups excluding carboxylic acids is 1. The molecule has 114 valence electrons. The normalized spacial score (nSPS) is 21.8. The van der Waals surface area contributed by atoms with Crippen molar-refractivity contribution in [2.45, 2.75) is 25.2 Å². The van der Waals surface area contributed by atoms with Gasteiger partial charge < -0.3 is 4.90 Å². The standard InChI is InChI=1S/C15H20N2O3S/c1-3-21(19,20)17-10-8-15(9-11-17)12-6-4-5-7-13(12)16(2)14(15)18/h4-7H,3,8-11H2,1-2H3. The van der Waals surface area contributed by atoms with E-state index in [0.717, 1.165) is 11.3 Å². The van der Waals surface area contributed by atoms with Gasteiger partial charge in [0, 0.05) is 25.8 Å². The molecule has 1 aromatic rings. The third kappa shape index (κ3) is 2.00. The molecule has 1 spiro atoms. The minimum absolute atomic E-state index is 0.0947. The van der Waals surface area contributed by atoms with Crippen molar-refractivity contribution in [3.05, 3.63) is 29.8 Å². The molecule has 0 aliphatic carbocycles. The van der Waals surface area contributed by atoms with Crippen LogP contribution in [0.4, 0.5) is 5.69 Å². The molecule has 1 aromatic carbocycles. The molecule has 1 saturated heterocycles. The SMILES string of the molecule is CCS(=O)(=O)N1CCC2(CC1)C(=O)N(C)c1ccccc12. The Morgan fingerprint density at radius 3 is 2.43 bits per heavy atom.